The fourth-order valence-electron chi connectivity index (χ4n) is 1.17. The smallest absolute Gasteiger partial charge is 0.407 e. The zero-order valence-corrected chi connectivity index (χ0v) is 11.5. The summed E-state index contributed by atoms with van der Waals surface area (Å²) in [5, 5.41) is 3.32. The third-order valence-electron chi connectivity index (χ3n) is 2.22. The van der Waals surface area contributed by atoms with E-state index < -0.39 is 12.0 Å². The number of nitrogens with zero attached hydrogens (tertiary/aromatic N) is 1. The number of ketones is 1. The standard InChI is InChI=1S/C13H20N2O5/c1-4-6-19-13(18)14-8-12(17)11(3)9-15(10-16)20-7-5-2/h4-5,10-11H,1-2,6-9H2,3H3,(H,14,18). The van der Waals surface area contributed by atoms with Gasteiger partial charge in [0.15, 0.2) is 5.78 Å². The van der Waals surface area contributed by atoms with E-state index in [9.17, 15) is 14.4 Å². The van der Waals surface area contributed by atoms with Gasteiger partial charge in [-0.1, -0.05) is 25.7 Å². The second-order valence-corrected chi connectivity index (χ2v) is 3.90. The van der Waals surface area contributed by atoms with Crippen molar-refractivity contribution in [3.8, 4) is 0 Å². The van der Waals surface area contributed by atoms with Crippen LogP contribution in [0.2, 0.25) is 0 Å². The number of Topliss-reactive ketones (excluding diaryl/α,β-unsaturated/α-hetero) is 1. The molecule has 7 heteroatoms. The van der Waals surface area contributed by atoms with Gasteiger partial charge >= 0.3 is 6.09 Å². The van der Waals surface area contributed by atoms with Gasteiger partial charge in [0.05, 0.1) is 19.7 Å². The quantitative estimate of drug-likeness (QED) is 0.342. The molecule has 20 heavy (non-hydrogen) atoms. The lowest BCUT2D eigenvalue weighted by molar-refractivity contribution is -0.171. The maximum atomic E-state index is 11.7. The highest BCUT2D eigenvalue weighted by atomic mass is 16.7. The van der Waals surface area contributed by atoms with E-state index in [1.54, 1.807) is 6.92 Å². The number of amides is 2. The molecule has 0 spiro atoms. The molecule has 1 unspecified atom stereocenters. The summed E-state index contributed by atoms with van der Waals surface area (Å²) in [6, 6.07) is 0. The zero-order chi connectivity index (χ0) is 15.4. The second kappa shape index (κ2) is 10.7. The summed E-state index contributed by atoms with van der Waals surface area (Å²) >= 11 is 0. The van der Waals surface area contributed by atoms with E-state index in [0.29, 0.717) is 6.41 Å². The Bertz CT molecular complexity index is 357. The molecule has 1 atom stereocenters. The van der Waals surface area contributed by atoms with Crippen molar-refractivity contribution >= 4 is 18.3 Å². The van der Waals surface area contributed by atoms with Crippen molar-refractivity contribution in [2.24, 2.45) is 5.92 Å². The summed E-state index contributed by atoms with van der Waals surface area (Å²) in [6.07, 6.45) is 2.70. The van der Waals surface area contributed by atoms with Crippen molar-refractivity contribution in [2.45, 2.75) is 6.92 Å². The average Bonchev–Trinajstić information content (AvgIpc) is 2.46. The van der Waals surface area contributed by atoms with Crippen molar-refractivity contribution in [3.05, 3.63) is 25.3 Å². The highest BCUT2D eigenvalue weighted by Crippen LogP contribution is 2.01. The second-order valence-electron chi connectivity index (χ2n) is 3.90. The highest BCUT2D eigenvalue weighted by molar-refractivity contribution is 5.85. The zero-order valence-electron chi connectivity index (χ0n) is 11.5. The van der Waals surface area contributed by atoms with E-state index in [-0.39, 0.29) is 32.1 Å². The molecule has 1 N–H and O–H groups in total. The Morgan fingerprint density at radius 2 is 1.95 bits per heavy atom. The number of hydroxylamine groups is 2. The third kappa shape index (κ3) is 8.04. The van der Waals surface area contributed by atoms with Crippen LogP contribution in [0.15, 0.2) is 25.3 Å². The Morgan fingerprint density at radius 1 is 1.30 bits per heavy atom. The minimum absolute atomic E-state index is 0.0733. The van der Waals surface area contributed by atoms with E-state index in [0.717, 1.165) is 5.06 Å². The molecular formula is C13H20N2O5. The van der Waals surface area contributed by atoms with E-state index in [1.165, 1.54) is 12.2 Å². The van der Waals surface area contributed by atoms with Crippen molar-refractivity contribution in [3.63, 3.8) is 0 Å². The molecule has 0 rings (SSSR count). The van der Waals surface area contributed by atoms with Crippen LogP contribution in [-0.4, -0.2) is 49.7 Å². The molecule has 0 radical (unpaired) electrons. The lowest BCUT2D eigenvalue weighted by Gasteiger charge is -2.19. The van der Waals surface area contributed by atoms with Crippen molar-refractivity contribution in [1.82, 2.24) is 10.4 Å². The maximum absolute atomic E-state index is 11.7. The Balaban J connectivity index is 4.06. The Labute approximate surface area is 118 Å². The van der Waals surface area contributed by atoms with Crippen LogP contribution in [0.1, 0.15) is 6.92 Å². The lowest BCUT2D eigenvalue weighted by atomic mass is 10.1. The molecule has 0 aromatic rings. The number of carbonyl (C=O) groups is 3. The summed E-state index contributed by atoms with van der Waals surface area (Å²) < 4.78 is 4.65. The molecule has 0 aliphatic carbocycles. The fourth-order valence-corrected chi connectivity index (χ4v) is 1.17. The van der Waals surface area contributed by atoms with Crippen LogP contribution in [0.4, 0.5) is 4.79 Å². The van der Waals surface area contributed by atoms with Gasteiger partial charge in [0, 0.05) is 5.92 Å². The summed E-state index contributed by atoms with van der Waals surface area (Å²) in [6.45, 7) is 8.64. The van der Waals surface area contributed by atoms with E-state index >= 15 is 0 Å². The first-order valence-corrected chi connectivity index (χ1v) is 6.05. The van der Waals surface area contributed by atoms with Crippen LogP contribution in [-0.2, 0) is 19.2 Å². The SMILES string of the molecule is C=CCOC(=O)NCC(=O)C(C)CN(C=O)OCC=C. The number of ether oxygens (including phenoxy) is 1. The molecule has 0 fully saturated rings. The van der Waals surface area contributed by atoms with E-state index in [1.807, 2.05) is 0 Å². The van der Waals surface area contributed by atoms with Gasteiger partial charge in [0.25, 0.3) is 0 Å². The number of hydrogen-bond acceptors (Lipinski definition) is 5. The number of carbonyl (C=O) groups excluding carboxylic acids is 3. The number of hydrogen-bond donors (Lipinski definition) is 1. The average molecular weight is 284 g/mol. The molecule has 112 valence electrons. The van der Waals surface area contributed by atoms with Crippen LogP contribution in [0.3, 0.4) is 0 Å². The van der Waals surface area contributed by atoms with Crippen LogP contribution in [0, 0.1) is 5.92 Å². The normalized spacial score (nSPS) is 11.1. The number of alkyl carbamates (subject to hydrolysis) is 1. The molecule has 0 bridgehead atoms. The molecule has 0 aromatic carbocycles. The van der Waals surface area contributed by atoms with Gasteiger partial charge < -0.3 is 10.1 Å². The topological polar surface area (TPSA) is 84.9 Å². The molecular weight excluding hydrogens is 264 g/mol. The fraction of sp³-hybridized carbons (Fsp3) is 0.462. The van der Waals surface area contributed by atoms with Gasteiger partial charge in [-0.25, -0.2) is 9.86 Å². The molecule has 0 aliphatic rings. The van der Waals surface area contributed by atoms with Crippen LogP contribution in [0.5, 0.6) is 0 Å². The monoisotopic (exact) mass is 284 g/mol. The van der Waals surface area contributed by atoms with Crippen molar-refractivity contribution in [1.29, 1.82) is 0 Å². The predicted molar refractivity (Wildman–Crippen MR) is 72.6 cm³/mol. The summed E-state index contributed by atoms with van der Waals surface area (Å²) in [5.41, 5.74) is 0. The summed E-state index contributed by atoms with van der Waals surface area (Å²) in [7, 11) is 0. The Morgan fingerprint density at radius 3 is 2.50 bits per heavy atom. The third-order valence-corrected chi connectivity index (χ3v) is 2.22. The molecule has 0 saturated heterocycles. The Hall–Kier alpha value is -2.15. The first kappa shape index (κ1) is 17.8. The molecule has 2 amide bonds. The predicted octanol–water partition coefficient (Wildman–Crippen LogP) is 0.680. The Kier molecular flexibility index (Phi) is 9.59. The largest absolute Gasteiger partial charge is 0.445 e. The first-order valence-electron chi connectivity index (χ1n) is 6.05. The van der Waals surface area contributed by atoms with Gasteiger partial charge in [-0.15, -0.1) is 6.58 Å². The van der Waals surface area contributed by atoms with Crippen LogP contribution < -0.4 is 5.32 Å². The summed E-state index contributed by atoms with van der Waals surface area (Å²) in [5.74, 6) is -0.723. The minimum Gasteiger partial charge on any atom is -0.445 e. The highest BCUT2D eigenvalue weighted by Gasteiger charge is 2.17. The van der Waals surface area contributed by atoms with E-state index in [4.69, 9.17) is 4.84 Å². The van der Waals surface area contributed by atoms with Crippen LogP contribution in [0.25, 0.3) is 0 Å². The van der Waals surface area contributed by atoms with Gasteiger partial charge in [-0.3, -0.25) is 14.4 Å². The lowest BCUT2D eigenvalue weighted by Crippen LogP contribution is -2.37. The van der Waals surface area contributed by atoms with Gasteiger partial charge in [-0.2, -0.15) is 0 Å². The van der Waals surface area contributed by atoms with Gasteiger partial charge in [-0.05, 0) is 0 Å². The minimum atomic E-state index is -0.694. The first-order chi connectivity index (χ1) is 9.54. The molecule has 0 heterocycles. The van der Waals surface area contributed by atoms with Crippen molar-refractivity contribution < 1.29 is 24.0 Å². The van der Waals surface area contributed by atoms with Crippen LogP contribution >= 0.6 is 0 Å². The molecule has 0 aliphatic heterocycles. The van der Waals surface area contributed by atoms with Gasteiger partial charge in [0.1, 0.15) is 6.61 Å². The summed E-state index contributed by atoms with van der Waals surface area (Å²) in [4.78, 5) is 38.6. The number of rotatable bonds is 11. The molecule has 0 aromatic heterocycles. The number of nitrogens with one attached hydrogen (secondary N) is 1. The maximum Gasteiger partial charge on any atom is 0.407 e. The molecule has 0 saturated carbocycles. The molecule has 7 nitrogen and oxygen atoms in total. The van der Waals surface area contributed by atoms with E-state index in [2.05, 4.69) is 23.2 Å². The van der Waals surface area contributed by atoms with Crippen molar-refractivity contribution in [2.75, 3.05) is 26.3 Å². The van der Waals surface area contributed by atoms with Gasteiger partial charge in [0.2, 0.25) is 6.41 Å².